The van der Waals surface area contributed by atoms with E-state index >= 15 is 0 Å². The number of nitrogens with zero attached hydrogens (tertiary/aromatic N) is 1. The van der Waals surface area contributed by atoms with Crippen molar-refractivity contribution in [3.63, 3.8) is 0 Å². The Hall–Kier alpha value is -2.41. The Morgan fingerprint density at radius 2 is 2.00 bits per heavy atom. The third-order valence-electron chi connectivity index (χ3n) is 3.51. The number of carbonyl (C=O) groups is 1. The van der Waals surface area contributed by atoms with Crippen LogP contribution in [-0.4, -0.2) is 21.6 Å². The van der Waals surface area contributed by atoms with Crippen LogP contribution in [0.5, 0.6) is 0 Å². The van der Waals surface area contributed by atoms with Crippen LogP contribution in [0, 0.1) is 11.6 Å². The lowest BCUT2D eigenvalue weighted by Gasteiger charge is -2.08. The summed E-state index contributed by atoms with van der Waals surface area (Å²) < 4.78 is 26.4. The summed E-state index contributed by atoms with van der Waals surface area (Å²) in [5, 5.41) is 3.30. The highest BCUT2D eigenvalue weighted by atomic mass is 32.2. The number of thioether (sulfide) groups is 1. The fraction of sp³-hybridized carbons (Fsp3) is 0.176. The summed E-state index contributed by atoms with van der Waals surface area (Å²) in [7, 11) is 0. The molecule has 3 rings (SSSR count). The number of anilines is 1. The van der Waals surface area contributed by atoms with Gasteiger partial charge in [-0.3, -0.25) is 4.79 Å². The fourth-order valence-corrected chi connectivity index (χ4v) is 3.01. The molecule has 1 aromatic heterocycles. The molecule has 0 bridgehead atoms. The second-order valence-corrected chi connectivity index (χ2v) is 6.14. The number of rotatable bonds is 5. The second-order valence-electron chi connectivity index (χ2n) is 5.17. The summed E-state index contributed by atoms with van der Waals surface area (Å²) in [6, 6.07) is 9.70. The van der Waals surface area contributed by atoms with Gasteiger partial charge in [0, 0.05) is 17.8 Å². The Morgan fingerprint density at radius 1 is 1.25 bits per heavy atom. The second kappa shape index (κ2) is 7.00. The molecular formula is C17H15F2N3OS. The van der Waals surface area contributed by atoms with Crippen LogP contribution in [0.4, 0.5) is 14.5 Å². The third-order valence-corrected chi connectivity index (χ3v) is 4.39. The van der Waals surface area contributed by atoms with Gasteiger partial charge in [0.1, 0.15) is 0 Å². The molecule has 3 aromatic rings. The van der Waals surface area contributed by atoms with Crippen LogP contribution in [0.1, 0.15) is 12.5 Å². The maximum atomic E-state index is 13.2. The number of imidazole rings is 1. The Labute approximate surface area is 141 Å². The monoisotopic (exact) mass is 347 g/mol. The van der Waals surface area contributed by atoms with Gasteiger partial charge in [-0.1, -0.05) is 36.9 Å². The topological polar surface area (TPSA) is 57.8 Å². The van der Waals surface area contributed by atoms with Crippen LogP contribution in [0.15, 0.2) is 41.6 Å². The number of hydrogen-bond donors (Lipinski definition) is 2. The van der Waals surface area contributed by atoms with Gasteiger partial charge in [0.05, 0.1) is 16.8 Å². The van der Waals surface area contributed by atoms with Gasteiger partial charge in [0.2, 0.25) is 5.91 Å². The van der Waals surface area contributed by atoms with E-state index in [0.29, 0.717) is 16.2 Å². The lowest BCUT2D eigenvalue weighted by atomic mass is 10.1. The highest BCUT2D eigenvalue weighted by Gasteiger charge is 2.11. The molecule has 0 aliphatic rings. The van der Waals surface area contributed by atoms with E-state index in [1.165, 1.54) is 11.8 Å². The average molecular weight is 347 g/mol. The van der Waals surface area contributed by atoms with Crippen LogP contribution in [0.3, 0.4) is 0 Å². The number of aromatic amines is 1. The minimum atomic E-state index is -0.945. The van der Waals surface area contributed by atoms with Crippen molar-refractivity contribution in [3.05, 3.63) is 53.6 Å². The number of benzene rings is 2. The maximum Gasteiger partial charge on any atom is 0.234 e. The van der Waals surface area contributed by atoms with Gasteiger partial charge < -0.3 is 10.3 Å². The maximum absolute atomic E-state index is 13.2. The smallest absolute Gasteiger partial charge is 0.234 e. The molecule has 124 valence electrons. The van der Waals surface area contributed by atoms with Crippen LogP contribution >= 0.6 is 11.8 Å². The molecule has 0 fully saturated rings. The normalized spacial score (nSPS) is 11.0. The van der Waals surface area contributed by atoms with Gasteiger partial charge in [-0.05, 0) is 18.1 Å². The number of carbonyl (C=O) groups excluding carboxylic acids is 1. The van der Waals surface area contributed by atoms with Gasteiger partial charge >= 0.3 is 0 Å². The number of nitrogens with one attached hydrogen (secondary N) is 2. The van der Waals surface area contributed by atoms with Gasteiger partial charge in [0.25, 0.3) is 0 Å². The molecular weight excluding hydrogens is 332 g/mol. The zero-order valence-corrected chi connectivity index (χ0v) is 13.7. The van der Waals surface area contributed by atoms with Crippen molar-refractivity contribution in [1.29, 1.82) is 0 Å². The minimum Gasteiger partial charge on any atom is -0.333 e. The standard InChI is InChI=1S/C17H15F2N3OS/c1-2-10-5-3-4-6-13(10)20-16(23)9-24-17-21-14-7-11(18)12(19)8-15(14)22-17/h3-8H,2,9H2,1H3,(H,20,23)(H,21,22). The van der Waals surface area contributed by atoms with E-state index < -0.39 is 11.6 Å². The first kappa shape index (κ1) is 16.4. The number of amides is 1. The molecule has 2 N–H and O–H groups in total. The largest absolute Gasteiger partial charge is 0.333 e. The first-order chi connectivity index (χ1) is 11.6. The molecule has 0 saturated carbocycles. The molecule has 7 heteroatoms. The molecule has 0 aliphatic carbocycles. The van der Waals surface area contributed by atoms with E-state index in [2.05, 4.69) is 15.3 Å². The lowest BCUT2D eigenvalue weighted by Crippen LogP contribution is -2.15. The van der Waals surface area contributed by atoms with Crippen molar-refractivity contribution in [2.75, 3.05) is 11.1 Å². The van der Waals surface area contributed by atoms with E-state index in [-0.39, 0.29) is 11.7 Å². The van der Waals surface area contributed by atoms with Crippen molar-refractivity contribution >= 4 is 34.4 Å². The molecule has 1 amide bonds. The van der Waals surface area contributed by atoms with Crippen molar-refractivity contribution < 1.29 is 13.6 Å². The Kier molecular flexibility index (Phi) is 4.80. The summed E-state index contributed by atoms with van der Waals surface area (Å²) in [6.45, 7) is 2.02. The third kappa shape index (κ3) is 3.56. The first-order valence-corrected chi connectivity index (χ1v) is 8.40. The first-order valence-electron chi connectivity index (χ1n) is 7.42. The minimum absolute atomic E-state index is 0.142. The fourth-order valence-electron chi connectivity index (χ4n) is 2.32. The molecule has 2 aromatic carbocycles. The summed E-state index contributed by atoms with van der Waals surface area (Å²) in [6.07, 6.45) is 0.824. The van der Waals surface area contributed by atoms with Crippen LogP contribution in [-0.2, 0) is 11.2 Å². The number of aryl methyl sites for hydroxylation is 1. The lowest BCUT2D eigenvalue weighted by molar-refractivity contribution is -0.113. The highest BCUT2D eigenvalue weighted by Crippen LogP contribution is 2.22. The molecule has 1 heterocycles. The van der Waals surface area contributed by atoms with E-state index in [1.54, 1.807) is 0 Å². The number of H-pyrrole nitrogens is 1. The van der Waals surface area contributed by atoms with Gasteiger partial charge in [-0.2, -0.15) is 0 Å². The number of hydrogen-bond acceptors (Lipinski definition) is 3. The van der Waals surface area contributed by atoms with Crippen molar-refractivity contribution in [3.8, 4) is 0 Å². The molecule has 0 saturated heterocycles. The van der Waals surface area contributed by atoms with Gasteiger partial charge in [-0.15, -0.1) is 0 Å². The number of aromatic nitrogens is 2. The van der Waals surface area contributed by atoms with E-state index in [0.717, 1.165) is 29.8 Å². The molecule has 24 heavy (non-hydrogen) atoms. The highest BCUT2D eigenvalue weighted by molar-refractivity contribution is 7.99. The zero-order valence-electron chi connectivity index (χ0n) is 12.9. The number of halogens is 2. The van der Waals surface area contributed by atoms with Crippen molar-refractivity contribution in [2.45, 2.75) is 18.5 Å². The van der Waals surface area contributed by atoms with Gasteiger partial charge in [-0.25, -0.2) is 13.8 Å². The molecule has 0 aliphatic heterocycles. The number of para-hydroxylation sites is 1. The number of fused-ring (bicyclic) bond motifs is 1. The predicted octanol–water partition coefficient (Wildman–Crippen LogP) is 4.13. The summed E-state index contributed by atoms with van der Waals surface area (Å²) >= 11 is 1.18. The van der Waals surface area contributed by atoms with Crippen molar-refractivity contribution in [1.82, 2.24) is 9.97 Å². The molecule has 0 radical (unpaired) electrons. The molecule has 0 spiro atoms. The molecule has 0 unspecified atom stereocenters. The summed E-state index contributed by atoms with van der Waals surface area (Å²) in [5.74, 6) is -1.90. The Morgan fingerprint density at radius 3 is 2.79 bits per heavy atom. The predicted molar refractivity (Wildman–Crippen MR) is 91.2 cm³/mol. The summed E-state index contributed by atoms with van der Waals surface area (Å²) in [4.78, 5) is 19.1. The molecule has 0 atom stereocenters. The van der Waals surface area contributed by atoms with Crippen LogP contribution < -0.4 is 5.32 Å². The van der Waals surface area contributed by atoms with Crippen LogP contribution in [0.2, 0.25) is 0 Å². The van der Waals surface area contributed by atoms with Crippen LogP contribution in [0.25, 0.3) is 11.0 Å². The Balaban J connectivity index is 1.66. The SMILES string of the molecule is CCc1ccccc1NC(=O)CSc1nc2cc(F)c(F)cc2[nH]1. The molecule has 4 nitrogen and oxygen atoms in total. The van der Waals surface area contributed by atoms with E-state index in [4.69, 9.17) is 0 Å². The quantitative estimate of drug-likeness (QED) is 0.682. The Bertz CT molecular complexity index is 856. The zero-order chi connectivity index (χ0) is 17.1. The van der Waals surface area contributed by atoms with E-state index in [9.17, 15) is 13.6 Å². The van der Waals surface area contributed by atoms with E-state index in [1.807, 2.05) is 31.2 Å². The van der Waals surface area contributed by atoms with Crippen molar-refractivity contribution in [2.24, 2.45) is 0 Å². The summed E-state index contributed by atoms with van der Waals surface area (Å²) in [5.41, 5.74) is 2.58. The average Bonchev–Trinajstić information content (AvgIpc) is 2.95. The van der Waals surface area contributed by atoms with Gasteiger partial charge in [0.15, 0.2) is 16.8 Å².